The molecule has 0 fully saturated rings. The number of Topliss-reactive ketones (excluding diaryl/α,β-unsaturated/α-hetero) is 1. The summed E-state index contributed by atoms with van der Waals surface area (Å²) in [6, 6.07) is 7.75. The molecule has 0 N–H and O–H groups in total. The number of hydrogen-bond donors (Lipinski definition) is 0. The zero-order chi connectivity index (χ0) is 14.7. The van der Waals surface area contributed by atoms with Crippen molar-refractivity contribution in [1.29, 1.82) is 0 Å². The lowest BCUT2D eigenvalue weighted by atomic mass is 10.2. The minimum absolute atomic E-state index is 0.0831. The molecule has 0 aliphatic carbocycles. The molecule has 0 aliphatic heterocycles. The molecule has 0 bridgehead atoms. The number of allylic oxidation sites excluding steroid dienone is 1. The van der Waals surface area contributed by atoms with Crippen molar-refractivity contribution < 1.29 is 4.79 Å². The molecule has 6 nitrogen and oxygen atoms in total. The Morgan fingerprint density at radius 1 is 1.30 bits per heavy atom. The lowest BCUT2D eigenvalue weighted by molar-refractivity contribution is -0.111. The Bertz CT molecular complexity index is 645. The molecule has 0 radical (unpaired) electrons. The summed E-state index contributed by atoms with van der Waals surface area (Å²) in [5.41, 5.74) is 1.29. The number of benzene rings is 1. The Hall–Kier alpha value is -1.77. The van der Waals surface area contributed by atoms with Crippen LogP contribution in [0.5, 0.6) is 0 Å². The van der Waals surface area contributed by atoms with Crippen LogP contribution in [0.25, 0.3) is 11.3 Å². The van der Waals surface area contributed by atoms with Crippen molar-refractivity contribution in [3.63, 3.8) is 0 Å². The van der Waals surface area contributed by atoms with E-state index in [1.165, 1.54) is 6.92 Å². The number of tetrazole rings is 1. The standard InChI is InChI=1S/C13H14IN5O/c1-9(20)12(8-18(2)3)13-15-16-17-19(13)11-6-4-10(14)5-7-11/h4-8H,1-3H3. The topological polar surface area (TPSA) is 63.9 Å². The van der Waals surface area contributed by atoms with Crippen molar-refractivity contribution >= 4 is 33.9 Å². The molecular formula is C13H14IN5O. The fourth-order valence-electron chi connectivity index (χ4n) is 1.68. The third-order valence-corrected chi connectivity index (χ3v) is 3.27. The van der Waals surface area contributed by atoms with Crippen LogP contribution in [-0.2, 0) is 4.79 Å². The molecule has 0 atom stereocenters. The van der Waals surface area contributed by atoms with Crippen molar-refractivity contribution in [3.05, 3.63) is 39.9 Å². The quantitative estimate of drug-likeness (QED) is 0.595. The highest BCUT2D eigenvalue weighted by Gasteiger charge is 2.17. The molecule has 20 heavy (non-hydrogen) atoms. The average molecular weight is 383 g/mol. The molecule has 2 aromatic rings. The summed E-state index contributed by atoms with van der Waals surface area (Å²) in [7, 11) is 3.70. The monoisotopic (exact) mass is 383 g/mol. The average Bonchev–Trinajstić information content (AvgIpc) is 2.85. The van der Waals surface area contributed by atoms with Gasteiger partial charge in [-0.05, 0) is 64.2 Å². The van der Waals surface area contributed by atoms with Gasteiger partial charge in [0, 0.05) is 23.9 Å². The van der Waals surface area contributed by atoms with Crippen LogP contribution in [-0.4, -0.2) is 45.0 Å². The van der Waals surface area contributed by atoms with Crippen LogP contribution >= 0.6 is 22.6 Å². The van der Waals surface area contributed by atoms with Gasteiger partial charge in [0.2, 0.25) is 0 Å². The van der Waals surface area contributed by atoms with Crippen molar-refractivity contribution in [2.75, 3.05) is 14.1 Å². The first-order valence-electron chi connectivity index (χ1n) is 5.93. The first-order chi connectivity index (χ1) is 9.49. The minimum Gasteiger partial charge on any atom is -0.383 e. The predicted octanol–water partition coefficient (Wildman–Crippen LogP) is 1.76. The van der Waals surface area contributed by atoms with E-state index < -0.39 is 0 Å². The number of carbonyl (C=O) groups is 1. The maximum absolute atomic E-state index is 11.8. The summed E-state index contributed by atoms with van der Waals surface area (Å²) in [5.74, 6) is 0.354. The largest absolute Gasteiger partial charge is 0.383 e. The number of aromatic nitrogens is 4. The molecule has 1 heterocycles. The van der Waals surface area contributed by atoms with E-state index in [0.29, 0.717) is 11.4 Å². The molecule has 2 rings (SSSR count). The SMILES string of the molecule is CC(=O)C(=CN(C)C)c1nnnn1-c1ccc(I)cc1. The highest BCUT2D eigenvalue weighted by Crippen LogP contribution is 2.17. The molecule has 7 heteroatoms. The van der Waals surface area contributed by atoms with Gasteiger partial charge in [0.1, 0.15) is 0 Å². The number of hydrogen-bond acceptors (Lipinski definition) is 5. The first-order valence-corrected chi connectivity index (χ1v) is 7.01. The molecule has 1 aromatic carbocycles. The number of ketones is 1. The lowest BCUT2D eigenvalue weighted by Gasteiger charge is -2.10. The zero-order valence-corrected chi connectivity index (χ0v) is 13.6. The third-order valence-electron chi connectivity index (χ3n) is 2.55. The van der Waals surface area contributed by atoms with Gasteiger partial charge in [0.05, 0.1) is 11.3 Å². The van der Waals surface area contributed by atoms with Crippen molar-refractivity contribution in [1.82, 2.24) is 25.1 Å². The van der Waals surface area contributed by atoms with Crippen LogP contribution in [0.2, 0.25) is 0 Å². The van der Waals surface area contributed by atoms with E-state index in [1.807, 2.05) is 38.4 Å². The van der Waals surface area contributed by atoms with Crippen LogP contribution in [0.15, 0.2) is 30.5 Å². The van der Waals surface area contributed by atoms with Crippen LogP contribution in [0, 0.1) is 3.57 Å². The van der Waals surface area contributed by atoms with E-state index in [9.17, 15) is 4.79 Å². The summed E-state index contributed by atoms with van der Waals surface area (Å²) in [5, 5.41) is 11.6. The van der Waals surface area contributed by atoms with E-state index >= 15 is 0 Å². The Morgan fingerprint density at radius 2 is 1.95 bits per heavy atom. The third kappa shape index (κ3) is 3.21. The van der Waals surface area contributed by atoms with Gasteiger partial charge in [-0.15, -0.1) is 5.10 Å². The summed E-state index contributed by atoms with van der Waals surface area (Å²) in [4.78, 5) is 13.6. The van der Waals surface area contributed by atoms with E-state index in [1.54, 1.807) is 15.8 Å². The van der Waals surface area contributed by atoms with E-state index in [0.717, 1.165) is 9.26 Å². The lowest BCUT2D eigenvalue weighted by Crippen LogP contribution is -2.11. The molecule has 0 aliphatic rings. The van der Waals surface area contributed by atoms with Gasteiger partial charge >= 0.3 is 0 Å². The molecule has 0 amide bonds. The molecule has 0 saturated heterocycles. The fraction of sp³-hybridized carbons (Fsp3) is 0.231. The maximum Gasteiger partial charge on any atom is 0.192 e. The number of rotatable bonds is 4. The summed E-state index contributed by atoms with van der Waals surface area (Å²) in [6.07, 6.45) is 1.72. The van der Waals surface area contributed by atoms with Crippen LogP contribution in [0.3, 0.4) is 0 Å². The Balaban J connectivity index is 2.51. The van der Waals surface area contributed by atoms with Crippen molar-refractivity contribution in [2.45, 2.75) is 6.92 Å². The smallest absolute Gasteiger partial charge is 0.192 e. The van der Waals surface area contributed by atoms with Gasteiger partial charge in [0.15, 0.2) is 11.6 Å². The van der Waals surface area contributed by atoms with Gasteiger partial charge in [-0.1, -0.05) is 0 Å². The van der Waals surface area contributed by atoms with Crippen molar-refractivity contribution in [2.24, 2.45) is 0 Å². The normalized spacial score (nSPS) is 11.5. The summed E-state index contributed by atoms with van der Waals surface area (Å²) in [6.45, 7) is 1.50. The minimum atomic E-state index is -0.0831. The number of carbonyl (C=O) groups excluding carboxylic acids is 1. The number of nitrogens with zero attached hydrogens (tertiary/aromatic N) is 5. The second kappa shape index (κ2) is 6.12. The fourth-order valence-corrected chi connectivity index (χ4v) is 2.04. The summed E-state index contributed by atoms with van der Waals surface area (Å²) < 4.78 is 2.68. The Labute approximate surface area is 130 Å². The Morgan fingerprint density at radius 3 is 2.50 bits per heavy atom. The van der Waals surface area contributed by atoms with Gasteiger partial charge < -0.3 is 4.90 Å². The molecule has 1 aromatic heterocycles. The van der Waals surface area contributed by atoms with E-state index in [2.05, 4.69) is 38.1 Å². The van der Waals surface area contributed by atoms with Gasteiger partial charge in [-0.25, -0.2) is 0 Å². The second-order valence-electron chi connectivity index (χ2n) is 4.45. The first kappa shape index (κ1) is 14.6. The van der Waals surface area contributed by atoms with Crippen LogP contribution in [0.4, 0.5) is 0 Å². The molecular weight excluding hydrogens is 369 g/mol. The molecule has 0 saturated carbocycles. The van der Waals surface area contributed by atoms with E-state index in [4.69, 9.17) is 0 Å². The predicted molar refractivity (Wildman–Crippen MR) is 84.2 cm³/mol. The van der Waals surface area contributed by atoms with E-state index in [-0.39, 0.29) is 5.78 Å². The number of halogens is 1. The summed E-state index contributed by atoms with van der Waals surface area (Å²) >= 11 is 2.23. The molecule has 104 valence electrons. The van der Waals surface area contributed by atoms with Gasteiger partial charge in [0.25, 0.3) is 0 Å². The maximum atomic E-state index is 11.8. The second-order valence-corrected chi connectivity index (χ2v) is 5.70. The molecule has 0 unspecified atom stereocenters. The molecule has 0 spiro atoms. The Kier molecular flexibility index (Phi) is 4.48. The highest BCUT2D eigenvalue weighted by atomic mass is 127. The van der Waals surface area contributed by atoms with Gasteiger partial charge in [-0.2, -0.15) is 4.68 Å². The van der Waals surface area contributed by atoms with Crippen molar-refractivity contribution in [3.8, 4) is 5.69 Å². The van der Waals surface area contributed by atoms with Crippen LogP contribution < -0.4 is 0 Å². The van der Waals surface area contributed by atoms with Crippen LogP contribution in [0.1, 0.15) is 12.7 Å². The zero-order valence-electron chi connectivity index (χ0n) is 11.4. The van der Waals surface area contributed by atoms with Gasteiger partial charge in [-0.3, -0.25) is 4.79 Å². The highest BCUT2D eigenvalue weighted by molar-refractivity contribution is 14.1.